The second kappa shape index (κ2) is 5.46. The summed E-state index contributed by atoms with van der Waals surface area (Å²) in [6.07, 6.45) is 1.72. The average molecular weight is 296 g/mol. The molecule has 0 amide bonds. The van der Waals surface area contributed by atoms with E-state index in [-0.39, 0.29) is 4.88 Å². The van der Waals surface area contributed by atoms with Crippen molar-refractivity contribution in [1.29, 1.82) is 0 Å². The number of aromatic carboxylic acids is 1. The molecule has 0 aliphatic rings. The summed E-state index contributed by atoms with van der Waals surface area (Å²) in [5.41, 5.74) is 3.05. The maximum Gasteiger partial charge on any atom is 0.348 e. The summed E-state index contributed by atoms with van der Waals surface area (Å²) in [7, 11) is 0. The van der Waals surface area contributed by atoms with E-state index in [2.05, 4.69) is 9.97 Å². The van der Waals surface area contributed by atoms with Gasteiger partial charge in [-0.2, -0.15) is 0 Å². The normalized spacial score (nSPS) is 10.5. The zero-order valence-electron chi connectivity index (χ0n) is 11.3. The van der Waals surface area contributed by atoms with E-state index in [1.807, 2.05) is 49.4 Å². The number of nitrogens with zero attached hydrogens (tertiary/aromatic N) is 2. The number of pyridine rings is 1. The second-order valence-corrected chi connectivity index (χ2v) is 5.56. The van der Waals surface area contributed by atoms with Gasteiger partial charge in [0.05, 0.1) is 5.69 Å². The Hall–Kier alpha value is -2.53. The van der Waals surface area contributed by atoms with Crippen LogP contribution in [0.2, 0.25) is 0 Å². The van der Waals surface area contributed by atoms with Gasteiger partial charge in [-0.05, 0) is 19.1 Å². The molecule has 104 valence electrons. The Morgan fingerprint density at radius 1 is 1.10 bits per heavy atom. The van der Waals surface area contributed by atoms with E-state index < -0.39 is 5.97 Å². The predicted molar refractivity (Wildman–Crippen MR) is 82.5 cm³/mol. The molecule has 0 radical (unpaired) electrons. The van der Waals surface area contributed by atoms with Gasteiger partial charge < -0.3 is 5.11 Å². The summed E-state index contributed by atoms with van der Waals surface area (Å²) in [4.78, 5) is 20.4. The number of aromatic nitrogens is 2. The Morgan fingerprint density at radius 2 is 1.86 bits per heavy atom. The van der Waals surface area contributed by atoms with Crippen LogP contribution in [0.3, 0.4) is 0 Å². The highest BCUT2D eigenvalue weighted by molar-refractivity contribution is 7.17. The van der Waals surface area contributed by atoms with Crippen LogP contribution in [0.4, 0.5) is 0 Å². The third-order valence-corrected chi connectivity index (χ3v) is 4.12. The van der Waals surface area contributed by atoms with E-state index in [9.17, 15) is 9.90 Å². The summed E-state index contributed by atoms with van der Waals surface area (Å²) >= 11 is 1.17. The fourth-order valence-corrected chi connectivity index (χ4v) is 2.89. The third-order valence-electron chi connectivity index (χ3n) is 3.03. The molecule has 4 nitrogen and oxygen atoms in total. The highest BCUT2D eigenvalue weighted by Gasteiger charge is 2.19. The Kier molecular flexibility index (Phi) is 3.50. The molecule has 2 heterocycles. The monoisotopic (exact) mass is 296 g/mol. The number of hydrogen-bond acceptors (Lipinski definition) is 4. The van der Waals surface area contributed by atoms with Crippen LogP contribution in [0.25, 0.3) is 21.8 Å². The average Bonchev–Trinajstić information content (AvgIpc) is 2.94. The largest absolute Gasteiger partial charge is 0.477 e. The molecule has 1 N–H and O–H groups in total. The third kappa shape index (κ3) is 2.68. The Bertz CT molecular complexity index is 780. The fraction of sp³-hybridized carbons (Fsp3) is 0.0625. The highest BCUT2D eigenvalue weighted by atomic mass is 32.1. The van der Waals surface area contributed by atoms with E-state index in [4.69, 9.17) is 0 Å². The molecule has 0 bridgehead atoms. The molecule has 0 atom stereocenters. The maximum atomic E-state index is 11.4. The minimum absolute atomic E-state index is 0.247. The minimum atomic E-state index is -0.960. The standard InChI is InChI=1S/C16H12N2O2S/c1-10-7-8-12(9-17-10)15-18-13(14(21-15)16(19)20)11-5-3-2-4-6-11/h2-9H,1H3,(H,19,20). The van der Waals surface area contributed by atoms with Gasteiger partial charge in [-0.3, -0.25) is 4.98 Å². The van der Waals surface area contributed by atoms with Crippen LogP contribution in [0.15, 0.2) is 48.7 Å². The van der Waals surface area contributed by atoms with E-state index in [1.54, 1.807) is 6.20 Å². The van der Waals surface area contributed by atoms with Crippen LogP contribution in [-0.2, 0) is 0 Å². The van der Waals surface area contributed by atoms with E-state index >= 15 is 0 Å². The van der Waals surface area contributed by atoms with Crippen molar-refractivity contribution in [2.24, 2.45) is 0 Å². The molecule has 0 saturated carbocycles. The van der Waals surface area contributed by atoms with Crippen molar-refractivity contribution in [2.75, 3.05) is 0 Å². The maximum absolute atomic E-state index is 11.4. The number of benzene rings is 1. The number of aryl methyl sites for hydroxylation is 1. The van der Waals surface area contributed by atoms with Gasteiger partial charge in [-0.25, -0.2) is 9.78 Å². The summed E-state index contributed by atoms with van der Waals surface area (Å²) in [6.45, 7) is 1.91. The molecule has 0 aliphatic heterocycles. The molecule has 0 unspecified atom stereocenters. The first kappa shape index (κ1) is 13.5. The lowest BCUT2D eigenvalue weighted by atomic mass is 10.1. The van der Waals surface area contributed by atoms with Crippen LogP contribution in [-0.4, -0.2) is 21.0 Å². The van der Waals surface area contributed by atoms with E-state index in [1.165, 1.54) is 11.3 Å². The van der Waals surface area contributed by atoms with Gasteiger partial charge in [0.2, 0.25) is 0 Å². The number of rotatable bonds is 3. The molecular formula is C16H12N2O2S. The summed E-state index contributed by atoms with van der Waals surface area (Å²) < 4.78 is 0. The van der Waals surface area contributed by atoms with Crippen molar-refractivity contribution >= 4 is 17.3 Å². The highest BCUT2D eigenvalue weighted by Crippen LogP contribution is 2.33. The van der Waals surface area contributed by atoms with Crippen LogP contribution in [0, 0.1) is 6.92 Å². The van der Waals surface area contributed by atoms with Crippen LogP contribution >= 0.6 is 11.3 Å². The Morgan fingerprint density at radius 3 is 2.48 bits per heavy atom. The number of carbonyl (C=O) groups is 1. The summed E-state index contributed by atoms with van der Waals surface area (Å²) in [5, 5.41) is 10.1. The van der Waals surface area contributed by atoms with Gasteiger partial charge in [0, 0.05) is 23.0 Å². The molecule has 2 aromatic heterocycles. The van der Waals surface area contributed by atoms with Crippen LogP contribution < -0.4 is 0 Å². The summed E-state index contributed by atoms with van der Waals surface area (Å²) in [6, 6.07) is 13.1. The Balaban J connectivity index is 2.13. The topological polar surface area (TPSA) is 63.1 Å². The van der Waals surface area contributed by atoms with E-state index in [0.717, 1.165) is 16.8 Å². The number of thiazole rings is 1. The zero-order chi connectivity index (χ0) is 14.8. The first-order valence-electron chi connectivity index (χ1n) is 6.38. The lowest BCUT2D eigenvalue weighted by molar-refractivity contribution is 0.0702. The fourth-order valence-electron chi connectivity index (χ4n) is 1.97. The van der Waals surface area contributed by atoms with Crippen molar-refractivity contribution in [3.8, 4) is 21.8 Å². The van der Waals surface area contributed by atoms with E-state index in [0.29, 0.717) is 10.7 Å². The van der Waals surface area contributed by atoms with Crippen molar-refractivity contribution < 1.29 is 9.90 Å². The van der Waals surface area contributed by atoms with Gasteiger partial charge >= 0.3 is 5.97 Å². The Labute approximate surface area is 125 Å². The molecule has 0 fully saturated rings. The number of hydrogen-bond donors (Lipinski definition) is 1. The first-order chi connectivity index (χ1) is 10.1. The lowest BCUT2D eigenvalue weighted by Crippen LogP contribution is -1.95. The van der Waals surface area contributed by atoms with Crippen LogP contribution in [0.1, 0.15) is 15.4 Å². The smallest absolute Gasteiger partial charge is 0.348 e. The van der Waals surface area contributed by atoms with Crippen molar-refractivity contribution in [3.63, 3.8) is 0 Å². The second-order valence-electron chi connectivity index (χ2n) is 4.56. The molecule has 0 spiro atoms. The van der Waals surface area contributed by atoms with Crippen molar-refractivity contribution in [1.82, 2.24) is 9.97 Å². The predicted octanol–water partition coefficient (Wildman–Crippen LogP) is 3.88. The van der Waals surface area contributed by atoms with Gasteiger partial charge in [0.15, 0.2) is 0 Å². The first-order valence-corrected chi connectivity index (χ1v) is 7.19. The lowest BCUT2D eigenvalue weighted by Gasteiger charge is -1.98. The SMILES string of the molecule is Cc1ccc(-c2nc(-c3ccccc3)c(C(=O)O)s2)cn1. The zero-order valence-corrected chi connectivity index (χ0v) is 12.1. The van der Waals surface area contributed by atoms with Gasteiger partial charge in [0.25, 0.3) is 0 Å². The molecule has 0 aliphatic carbocycles. The quantitative estimate of drug-likeness (QED) is 0.796. The van der Waals surface area contributed by atoms with Crippen LogP contribution in [0.5, 0.6) is 0 Å². The van der Waals surface area contributed by atoms with Crippen molar-refractivity contribution in [3.05, 3.63) is 59.2 Å². The number of carboxylic acid groups (broad SMARTS) is 1. The minimum Gasteiger partial charge on any atom is -0.477 e. The summed E-state index contributed by atoms with van der Waals surface area (Å²) in [5.74, 6) is -0.960. The molecule has 1 aromatic carbocycles. The molecule has 3 rings (SSSR count). The van der Waals surface area contributed by atoms with Crippen molar-refractivity contribution in [2.45, 2.75) is 6.92 Å². The van der Waals surface area contributed by atoms with Gasteiger partial charge in [0.1, 0.15) is 9.88 Å². The van der Waals surface area contributed by atoms with Gasteiger partial charge in [-0.1, -0.05) is 30.3 Å². The molecule has 5 heteroatoms. The number of carboxylic acids is 1. The van der Waals surface area contributed by atoms with Gasteiger partial charge in [-0.15, -0.1) is 11.3 Å². The molecule has 0 saturated heterocycles. The molecular weight excluding hydrogens is 284 g/mol. The molecule has 3 aromatic rings. The molecule has 21 heavy (non-hydrogen) atoms.